The summed E-state index contributed by atoms with van der Waals surface area (Å²) in [7, 11) is 1.68. The largest absolute Gasteiger partial charge is 0.463 e. The molecule has 2 aromatic carbocycles. The van der Waals surface area contributed by atoms with Crippen molar-refractivity contribution in [1.29, 1.82) is 0 Å². The SMILES string of the molecule is CCc1cc(C(=O)N[C@@H]2C[C@@H](C(=O)Nc3ccn(Cc4c(F)cccc4F)n3)N(C(=O)c3coc4ccccc34)C2)n(C)n1. The number of nitrogens with one attached hydrogen (secondary N) is 2. The lowest BCUT2D eigenvalue weighted by Gasteiger charge is -2.23. The molecule has 3 amide bonds. The lowest BCUT2D eigenvalue weighted by atomic mass is 10.1. The second-order valence-electron chi connectivity index (χ2n) is 10.6. The lowest BCUT2D eigenvalue weighted by Crippen LogP contribution is -2.43. The van der Waals surface area contributed by atoms with Crippen molar-refractivity contribution < 1.29 is 27.6 Å². The van der Waals surface area contributed by atoms with E-state index in [-0.39, 0.29) is 36.8 Å². The molecule has 1 fully saturated rings. The van der Waals surface area contributed by atoms with E-state index >= 15 is 0 Å². The second kappa shape index (κ2) is 11.7. The van der Waals surface area contributed by atoms with E-state index in [1.807, 2.05) is 6.92 Å². The number of para-hydroxylation sites is 1. The third-order valence-corrected chi connectivity index (χ3v) is 7.71. The molecule has 6 rings (SSSR count). The quantitative estimate of drug-likeness (QED) is 0.278. The molecule has 2 atom stereocenters. The van der Waals surface area contributed by atoms with Gasteiger partial charge in [0, 0.05) is 42.8 Å². The van der Waals surface area contributed by atoms with Gasteiger partial charge in [0.25, 0.3) is 11.8 Å². The molecule has 0 bridgehead atoms. The molecule has 5 aromatic rings. The molecule has 0 aliphatic carbocycles. The Labute approximate surface area is 250 Å². The van der Waals surface area contributed by atoms with Gasteiger partial charge in [-0.2, -0.15) is 10.2 Å². The van der Waals surface area contributed by atoms with Gasteiger partial charge in [-0.05, 0) is 37.1 Å². The predicted octanol–water partition coefficient (Wildman–Crippen LogP) is 3.90. The van der Waals surface area contributed by atoms with Crippen LogP contribution in [0.15, 0.2) is 71.5 Å². The number of fused-ring (bicyclic) bond motifs is 1. The number of aromatic nitrogens is 4. The van der Waals surface area contributed by atoms with Crippen LogP contribution in [0, 0.1) is 11.6 Å². The zero-order valence-corrected chi connectivity index (χ0v) is 24.0. The Hall–Kier alpha value is -5.33. The highest BCUT2D eigenvalue weighted by Gasteiger charge is 2.41. The van der Waals surface area contributed by atoms with Gasteiger partial charge in [-0.3, -0.25) is 23.7 Å². The number of furan rings is 1. The fourth-order valence-electron chi connectivity index (χ4n) is 5.45. The van der Waals surface area contributed by atoms with E-state index in [1.54, 1.807) is 37.4 Å². The molecular formula is C31H29F2N7O4. The molecule has 0 spiro atoms. The fourth-order valence-corrected chi connectivity index (χ4v) is 5.45. The number of anilines is 1. The molecule has 226 valence electrons. The van der Waals surface area contributed by atoms with Gasteiger partial charge in [0.05, 0.1) is 17.8 Å². The molecule has 0 unspecified atom stereocenters. The van der Waals surface area contributed by atoms with Gasteiger partial charge in [0.15, 0.2) is 5.82 Å². The minimum atomic E-state index is -0.964. The topological polar surface area (TPSA) is 127 Å². The number of carbonyl (C=O) groups is 3. The third-order valence-electron chi connectivity index (χ3n) is 7.71. The van der Waals surface area contributed by atoms with E-state index in [4.69, 9.17) is 4.42 Å². The Bertz CT molecular complexity index is 1860. The molecule has 0 radical (unpaired) electrons. The third kappa shape index (κ3) is 5.55. The Kier molecular flexibility index (Phi) is 7.68. The number of hydrogen-bond acceptors (Lipinski definition) is 6. The first-order valence-electron chi connectivity index (χ1n) is 14.1. The normalized spacial score (nSPS) is 16.4. The van der Waals surface area contributed by atoms with Crippen molar-refractivity contribution in [3.05, 3.63) is 101 Å². The van der Waals surface area contributed by atoms with Crippen molar-refractivity contribution in [1.82, 2.24) is 29.8 Å². The zero-order chi connectivity index (χ0) is 31.0. The number of rotatable bonds is 8. The standard InChI is InChI=1S/C31H29F2N7O4/c1-3-18-13-25(38(2)36-18)29(41)34-19-14-26(40(15-19)31(43)22-17-44-27-10-5-4-7-20(22)27)30(42)35-28-11-12-39(37-28)16-21-23(32)8-6-9-24(21)33/h4-13,17,19,26H,3,14-16H2,1-2H3,(H,34,41)(H,35,37,42)/t19-,26+/m1/s1. The van der Waals surface area contributed by atoms with Crippen LogP contribution in [-0.4, -0.2) is 60.8 Å². The maximum absolute atomic E-state index is 14.1. The number of nitrogens with zero attached hydrogens (tertiary/aromatic N) is 5. The summed E-state index contributed by atoms with van der Waals surface area (Å²) in [6, 6.07) is 12.4. The number of halogens is 2. The van der Waals surface area contributed by atoms with Crippen molar-refractivity contribution in [2.75, 3.05) is 11.9 Å². The predicted molar refractivity (Wildman–Crippen MR) is 156 cm³/mol. The van der Waals surface area contributed by atoms with Gasteiger partial charge in [0.1, 0.15) is 35.2 Å². The first-order valence-corrected chi connectivity index (χ1v) is 14.1. The van der Waals surface area contributed by atoms with E-state index in [1.165, 1.54) is 38.9 Å². The van der Waals surface area contributed by atoms with Crippen LogP contribution in [0.1, 0.15) is 45.4 Å². The minimum absolute atomic E-state index is 0.0711. The van der Waals surface area contributed by atoms with Crippen molar-refractivity contribution in [3.8, 4) is 0 Å². The number of benzene rings is 2. The van der Waals surface area contributed by atoms with E-state index in [0.717, 1.165) is 17.8 Å². The molecular weight excluding hydrogens is 572 g/mol. The van der Waals surface area contributed by atoms with E-state index < -0.39 is 35.5 Å². The maximum atomic E-state index is 14.1. The summed E-state index contributed by atoms with van der Waals surface area (Å²) in [6.07, 6.45) is 3.65. The van der Waals surface area contributed by atoms with E-state index in [9.17, 15) is 23.2 Å². The van der Waals surface area contributed by atoms with Crippen molar-refractivity contribution in [3.63, 3.8) is 0 Å². The van der Waals surface area contributed by atoms with Crippen LogP contribution in [0.25, 0.3) is 11.0 Å². The molecule has 11 nitrogen and oxygen atoms in total. The van der Waals surface area contributed by atoms with Crippen LogP contribution in [-0.2, 0) is 24.8 Å². The summed E-state index contributed by atoms with van der Waals surface area (Å²) in [6.45, 7) is 1.83. The van der Waals surface area contributed by atoms with Crippen LogP contribution in [0.5, 0.6) is 0 Å². The molecule has 1 aliphatic heterocycles. The Balaban J connectivity index is 1.22. The van der Waals surface area contributed by atoms with Gasteiger partial charge in [-0.25, -0.2) is 8.78 Å². The highest BCUT2D eigenvalue weighted by molar-refractivity contribution is 6.08. The molecule has 1 saturated heterocycles. The van der Waals surface area contributed by atoms with Crippen LogP contribution in [0.2, 0.25) is 0 Å². The highest BCUT2D eigenvalue weighted by Crippen LogP contribution is 2.27. The Morgan fingerprint density at radius 1 is 1.05 bits per heavy atom. The lowest BCUT2D eigenvalue weighted by molar-refractivity contribution is -0.119. The van der Waals surface area contributed by atoms with E-state index in [0.29, 0.717) is 28.6 Å². The smallest absolute Gasteiger partial charge is 0.269 e. The fraction of sp³-hybridized carbons (Fsp3) is 0.258. The summed E-state index contributed by atoms with van der Waals surface area (Å²) in [4.78, 5) is 42.0. The van der Waals surface area contributed by atoms with Gasteiger partial charge in [-0.15, -0.1) is 0 Å². The molecule has 3 aromatic heterocycles. The summed E-state index contributed by atoms with van der Waals surface area (Å²) >= 11 is 0. The van der Waals surface area contributed by atoms with Crippen molar-refractivity contribution in [2.24, 2.45) is 7.05 Å². The number of hydrogen-bond donors (Lipinski definition) is 2. The molecule has 13 heteroatoms. The highest BCUT2D eigenvalue weighted by atomic mass is 19.1. The minimum Gasteiger partial charge on any atom is -0.463 e. The van der Waals surface area contributed by atoms with Gasteiger partial charge < -0.3 is 20.0 Å². The Morgan fingerprint density at radius 3 is 2.57 bits per heavy atom. The van der Waals surface area contributed by atoms with Crippen LogP contribution >= 0.6 is 0 Å². The molecule has 4 heterocycles. The molecule has 44 heavy (non-hydrogen) atoms. The monoisotopic (exact) mass is 601 g/mol. The number of aryl methyl sites for hydroxylation is 2. The van der Waals surface area contributed by atoms with Gasteiger partial charge in [-0.1, -0.05) is 31.2 Å². The van der Waals surface area contributed by atoms with Gasteiger partial charge in [0.2, 0.25) is 5.91 Å². The Morgan fingerprint density at radius 2 is 1.82 bits per heavy atom. The number of likely N-dealkylation sites (tertiary alicyclic amines) is 1. The summed E-state index contributed by atoms with van der Waals surface area (Å²) < 4.78 is 36.6. The molecule has 0 saturated carbocycles. The second-order valence-corrected chi connectivity index (χ2v) is 10.6. The zero-order valence-electron chi connectivity index (χ0n) is 24.0. The average Bonchev–Trinajstić information content (AvgIpc) is 3.80. The van der Waals surface area contributed by atoms with Crippen LogP contribution in [0.4, 0.5) is 14.6 Å². The van der Waals surface area contributed by atoms with E-state index in [2.05, 4.69) is 20.8 Å². The van der Waals surface area contributed by atoms with Crippen molar-refractivity contribution >= 4 is 34.5 Å². The maximum Gasteiger partial charge on any atom is 0.269 e. The summed E-state index contributed by atoms with van der Waals surface area (Å²) in [5.74, 6) is -2.60. The van der Waals surface area contributed by atoms with Crippen LogP contribution < -0.4 is 10.6 Å². The number of carbonyl (C=O) groups excluding carboxylic acids is 3. The molecule has 1 aliphatic rings. The van der Waals surface area contributed by atoms with Crippen molar-refractivity contribution in [2.45, 2.75) is 38.4 Å². The first-order chi connectivity index (χ1) is 21.2. The summed E-state index contributed by atoms with van der Waals surface area (Å²) in [5, 5.41) is 14.8. The van der Waals surface area contributed by atoms with Gasteiger partial charge >= 0.3 is 0 Å². The average molecular weight is 602 g/mol. The number of amides is 3. The van der Waals surface area contributed by atoms with Crippen LogP contribution in [0.3, 0.4) is 0 Å². The summed E-state index contributed by atoms with van der Waals surface area (Å²) in [5.41, 5.74) is 1.79. The first kappa shape index (κ1) is 28.8. The molecule has 2 N–H and O–H groups in total.